The molecule has 0 aliphatic heterocycles. The predicted octanol–water partition coefficient (Wildman–Crippen LogP) is 2.96. The predicted molar refractivity (Wildman–Crippen MR) is 66.6 cm³/mol. The smallest absolute Gasteiger partial charge is 0.162 e. The van der Waals surface area contributed by atoms with Gasteiger partial charge in [-0.05, 0) is 30.9 Å². The maximum absolute atomic E-state index is 10.0. The molecule has 0 heterocycles. The minimum Gasteiger partial charge on any atom is -0.504 e. The van der Waals surface area contributed by atoms with Gasteiger partial charge in [-0.1, -0.05) is 22.4 Å². The van der Waals surface area contributed by atoms with Gasteiger partial charge in [0.1, 0.15) is 0 Å². The molecule has 0 aromatic heterocycles. The van der Waals surface area contributed by atoms with Crippen molar-refractivity contribution in [3.8, 4) is 11.5 Å². The van der Waals surface area contributed by atoms with Crippen molar-refractivity contribution in [3.63, 3.8) is 0 Å². The molecular weight excluding hydrogens is 270 g/mol. The van der Waals surface area contributed by atoms with E-state index in [0.717, 1.165) is 22.9 Å². The van der Waals surface area contributed by atoms with E-state index in [1.165, 1.54) is 6.42 Å². The summed E-state index contributed by atoms with van der Waals surface area (Å²) in [5.74, 6) is 1.13. The number of phenols is 1. The summed E-state index contributed by atoms with van der Waals surface area (Å²) in [4.78, 5) is 0. The van der Waals surface area contributed by atoms with E-state index in [0.29, 0.717) is 11.7 Å². The maximum atomic E-state index is 10.0. The topological polar surface area (TPSA) is 55.5 Å². The standard InChI is InChI=1S/C12H16BrNO2/c1-16-10-6-8(13)5-9(12(10)15)11(14)7-3-2-4-7/h5-7,11,15H,2-4,14H2,1H3/t11-/m0/s1. The lowest BCUT2D eigenvalue weighted by Crippen LogP contribution is -2.26. The molecule has 3 N–H and O–H groups in total. The number of ether oxygens (including phenoxy) is 1. The largest absolute Gasteiger partial charge is 0.504 e. The molecule has 1 aromatic carbocycles. The zero-order valence-electron chi connectivity index (χ0n) is 9.24. The minimum absolute atomic E-state index is 0.0971. The molecule has 1 aliphatic carbocycles. The summed E-state index contributed by atoms with van der Waals surface area (Å²) in [7, 11) is 1.54. The molecule has 4 heteroatoms. The van der Waals surface area contributed by atoms with E-state index in [-0.39, 0.29) is 11.8 Å². The van der Waals surface area contributed by atoms with E-state index < -0.39 is 0 Å². The van der Waals surface area contributed by atoms with Gasteiger partial charge < -0.3 is 15.6 Å². The molecule has 1 aromatic rings. The number of hydrogen-bond donors (Lipinski definition) is 2. The zero-order chi connectivity index (χ0) is 11.7. The highest BCUT2D eigenvalue weighted by Crippen LogP contribution is 2.43. The number of hydrogen-bond acceptors (Lipinski definition) is 3. The third kappa shape index (κ3) is 2.04. The minimum atomic E-state index is -0.0971. The molecule has 1 atom stereocenters. The van der Waals surface area contributed by atoms with E-state index in [1.54, 1.807) is 13.2 Å². The van der Waals surface area contributed by atoms with Crippen molar-refractivity contribution in [3.05, 3.63) is 22.2 Å². The normalized spacial score (nSPS) is 17.9. The van der Waals surface area contributed by atoms with Gasteiger partial charge in [0.05, 0.1) is 7.11 Å². The Balaban J connectivity index is 2.34. The van der Waals surface area contributed by atoms with Gasteiger partial charge in [-0.2, -0.15) is 0 Å². The fourth-order valence-corrected chi connectivity index (χ4v) is 2.51. The van der Waals surface area contributed by atoms with Crippen molar-refractivity contribution in [2.75, 3.05) is 7.11 Å². The average molecular weight is 286 g/mol. The molecule has 88 valence electrons. The van der Waals surface area contributed by atoms with Gasteiger partial charge >= 0.3 is 0 Å². The number of nitrogens with two attached hydrogens (primary N) is 1. The summed E-state index contributed by atoms with van der Waals surface area (Å²) in [6.45, 7) is 0. The molecule has 0 saturated heterocycles. The van der Waals surface area contributed by atoms with Gasteiger partial charge in [0.25, 0.3) is 0 Å². The fraction of sp³-hybridized carbons (Fsp3) is 0.500. The number of aromatic hydroxyl groups is 1. The Morgan fingerprint density at radius 3 is 2.69 bits per heavy atom. The van der Waals surface area contributed by atoms with E-state index in [9.17, 15) is 5.11 Å². The van der Waals surface area contributed by atoms with Crippen molar-refractivity contribution in [1.82, 2.24) is 0 Å². The first kappa shape index (κ1) is 11.7. The second-order valence-corrected chi connectivity index (χ2v) is 5.18. The Morgan fingerprint density at radius 2 is 2.19 bits per heavy atom. The highest BCUT2D eigenvalue weighted by molar-refractivity contribution is 9.10. The van der Waals surface area contributed by atoms with Crippen LogP contribution in [-0.4, -0.2) is 12.2 Å². The number of rotatable bonds is 3. The molecule has 0 bridgehead atoms. The molecule has 0 unspecified atom stereocenters. The summed E-state index contributed by atoms with van der Waals surface area (Å²) in [5, 5.41) is 10.0. The first-order valence-corrected chi connectivity index (χ1v) is 6.24. The van der Waals surface area contributed by atoms with Gasteiger partial charge in [-0.25, -0.2) is 0 Å². The van der Waals surface area contributed by atoms with Crippen molar-refractivity contribution < 1.29 is 9.84 Å². The van der Waals surface area contributed by atoms with E-state index in [4.69, 9.17) is 10.5 Å². The lowest BCUT2D eigenvalue weighted by Gasteiger charge is -2.32. The second kappa shape index (κ2) is 4.63. The molecule has 0 spiro atoms. The third-order valence-electron chi connectivity index (χ3n) is 3.31. The van der Waals surface area contributed by atoms with Gasteiger partial charge in [0.2, 0.25) is 0 Å². The lowest BCUT2D eigenvalue weighted by molar-refractivity contribution is 0.258. The van der Waals surface area contributed by atoms with Crippen LogP contribution in [0.5, 0.6) is 11.5 Å². The Hall–Kier alpha value is -0.740. The van der Waals surface area contributed by atoms with E-state index >= 15 is 0 Å². The Bertz CT molecular complexity index is 391. The third-order valence-corrected chi connectivity index (χ3v) is 3.76. The quantitative estimate of drug-likeness (QED) is 0.898. The van der Waals surface area contributed by atoms with Crippen molar-refractivity contribution in [1.29, 1.82) is 0 Å². The number of halogens is 1. The Kier molecular flexibility index (Phi) is 3.40. The monoisotopic (exact) mass is 285 g/mol. The highest BCUT2D eigenvalue weighted by atomic mass is 79.9. The van der Waals surface area contributed by atoms with Crippen LogP contribution in [0, 0.1) is 5.92 Å². The molecular formula is C12H16BrNO2. The highest BCUT2D eigenvalue weighted by Gasteiger charge is 2.28. The van der Waals surface area contributed by atoms with Crippen LogP contribution in [0.1, 0.15) is 30.9 Å². The molecule has 1 fully saturated rings. The Morgan fingerprint density at radius 1 is 1.50 bits per heavy atom. The van der Waals surface area contributed by atoms with Gasteiger partial charge in [0.15, 0.2) is 11.5 Å². The second-order valence-electron chi connectivity index (χ2n) is 4.26. The number of benzene rings is 1. The van der Waals surface area contributed by atoms with Crippen LogP contribution in [-0.2, 0) is 0 Å². The van der Waals surface area contributed by atoms with Crippen LogP contribution in [0.15, 0.2) is 16.6 Å². The molecule has 16 heavy (non-hydrogen) atoms. The van der Waals surface area contributed by atoms with E-state index in [2.05, 4.69) is 15.9 Å². The van der Waals surface area contributed by atoms with Crippen LogP contribution in [0.2, 0.25) is 0 Å². The molecule has 0 radical (unpaired) electrons. The zero-order valence-corrected chi connectivity index (χ0v) is 10.8. The van der Waals surface area contributed by atoms with Crippen LogP contribution in [0.25, 0.3) is 0 Å². The number of methoxy groups -OCH3 is 1. The van der Waals surface area contributed by atoms with Crippen molar-refractivity contribution in [2.45, 2.75) is 25.3 Å². The molecule has 2 rings (SSSR count). The molecule has 0 amide bonds. The molecule has 1 saturated carbocycles. The van der Waals surface area contributed by atoms with Gasteiger partial charge in [0, 0.05) is 16.1 Å². The SMILES string of the molecule is COc1cc(Br)cc([C@@H](N)C2CCC2)c1O. The van der Waals surface area contributed by atoms with Gasteiger partial charge in [-0.15, -0.1) is 0 Å². The summed E-state index contributed by atoms with van der Waals surface area (Å²) in [6.07, 6.45) is 3.54. The summed E-state index contributed by atoms with van der Waals surface area (Å²) in [6, 6.07) is 3.52. The maximum Gasteiger partial charge on any atom is 0.162 e. The van der Waals surface area contributed by atoms with Crippen molar-refractivity contribution in [2.24, 2.45) is 11.7 Å². The first-order chi connectivity index (χ1) is 7.63. The van der Waals surface area contributed by atoms with Gasteiger partial charge in [-0.3, -0.25) is 0 Å². The van der Waals surface area contributed by atoms with Crippen molar-refractivity contribution >= 4 is 15.9 Å². The van der Waals surface area contributed by atoms with Crippen LogP contribution in [0.4, 0.5) is 0 Å². The Labute approximate surface area is 104 Å². The van der Waals surface area contributed by atoms with Crippen LogP contribution < -0.4 is 10.5 Å². The average Bonchev–Trinajstić information content (AvgIpc) is 2.18. The lowest BCUT2D eigenvalue weighted by atomic mass is 9.77. The fourth-order valence-electron chi connectivity index (χ4n) is 2.06. The van der Waals surface area contributed by atoms with Crippen LogP contribution in [0.3, 0.4) is 0 Å². The summed E-state index contributed by atoms with van der Waals surface area (Å²) in [5.41, 5.74) is 6.93. The van der Waals surface area contributed by atoms with E-state index in [1.807, 2.05) is 6.07 Å². The van der Waals surface area contributed by atoms with Crippen LogP contribution >= 0.6 is 15.9 Å². The number of phenolic OH excluding ortho intramolecular Hbond substituents is 1. The molecule has 3 nitrogen and oxygen atoms in total. The first-order valence-electron chi connectivity index (χ1n) is 5.45. The summed E-state index contributed by atoms with van der Waals surface area (Å²) >= 11 is 3.40. The molecule has 1 aliphatic rings. The summed E-state index contributed by atoms with van der Waals surface area (Å²) < 4.78 is 5.99.